The molecular weight excluding hydrogens is 497 g/mol. The van der Waals surface area contributed by atoms with E-state index in [1.807, 2.05) is 43.1 Å². The van der Waals surface area contributed by atoms with E-state index in [0.717, 1.165) is 39.4 Å². The number of rotatable bonds is 6. The van der Waals surface area contributed by atoms with Crippen LogP contribution in [0.1, 0.15) is 45.0 Å². The van der Waals surface area contributed by atoms with Crippen molar-refractivity contribution < 1.29 is 13.9 Å². The first-order chi connectivity index (χ1) is 18.6. The van der Waals surface area contributed by atoms with E-state index < -0.39 is 11.9 Å². The number of urea groups is 1. The zero-order chi connectivity index (χ0) is 27.7. The molecule has 1 fully saturated rings. The zero-order valence-electron chi connectivity index (χ0n) is 22.9. The topological polar surface area (TPSA) is 99.3 Å². The lowest BCUT2D eigenvalue weighted by Crippen LogP contribution is -2.63. The van der Waals surface area contributed by atoms with E-state index in [4.69, 9.17) is 4.74 Å². The number of carbonyl (C=O) groups is 1. The Balaban J connectivity index is 1.30. The fourth-order valence-corrected chi connectivity index (χ4v) is 5.06. The minimum absolute atomic E-state index is 0.152. The number of alkyl halides is 1. The SMILES string of the molecule is Cc1ccc(-c2cc3c(N4CCN(C(=O)N[C@@H](C)c5cccc(OC(C)F)c5)C(C)(C)C4)ncnc3[nH]2)cn1. The van der Waals surface area contributed by atoms with Crippen LogP contribution in [0.3, 0.4) is 0 Å². The molecule has 9 nitrogen and oxygen atoms in total. The monoisotopic (exact) mass is 531 g/mol. The van der Waals surface area contributed by atoms with Crippen LogP contribution in [0.15, 0.2) is 55.0 Å². The minimum Gasteiger partial charge on any atom is -0.461 e. The Morgan fingerprint density at radius 1 is 1.13 bits per heavy atom. The minimum atomic E-state index is -1.41. The molecule has 0 spiro atoms. The predicted molar refractivity (Wildman–Crippen MR) is 149 cm³/mol. The molecule has 0 bridgehead atoms. The van der Waals surface area contributed by atoms with Crippen molar-refractivity contribution in [1.29, 1.82) is 0 Å². The first-order valence-electron chi connectivity index (χ1n) is 13.1. The Morgan fingerprint density at radius 2 is 1.95 bits per heavy atom. The van der Waals surface area contributed by atoms with Gasteiger partial charge >= 0.3 is 6.03 Å². The second-order valence-electron chi connectivity index (χ2n) is 10.6. The third-order valence-corrected chi connectivity index (χ3v) is 7.07. The summed E-state index contributed by atoms with van der Waals surface area (Å²) in [6, 6.07) is 12.8. The number of benzene rings is 1. The first-order valence-corrected chi connectivity index (χ1v) is 13.1. The van der Waals surface area contributed by atoms with Gasteiger partial charge in [-0.25, -0.2) is 19.2 Å². The maximum atomic E-state index is 13.4. The van der Waals surface area contributed by atoms with Crippen LogP contribution in [-0.4, -0.2) is 62.4 Å². The molecule has 4 heterocycles. The summed E-state index contributed by atoms with van der Waals surface area (Å²) in [6.07, 6.45) is 2.01. The molecule has 0 saturated carbocycles. The highest BCUT2D eigenvalue weighted by Crippen LogP contribution is 2.32. The molecule has 1 aliphatic heterocycles. The van der Waals surface area contributed by atoms with Crippen molar-refractivity contribution >= 4 is 22.9 Å². The summed E-state index contributed by atoms with van der Waals surface area (Å²) in [5.41, 5.74) is 4.01. The van der Waals surface area contributed by atoms with E-state index in [2.05, 4.69) is 50.1 Å². The standard InChI is InChI=1S/C29H34FN7O2/c1-18-9-10-22(15-31-18)25-14-24-26(35-25)32-17-33-27(24)36-11-12-37(29(4,5)16-36)28(38)34-19(2)21-7-6-8-23(13-21)39-20(3)30/h6-10,13-15,17,19-20H,11-12,16H2,1-5H3,(H,34,38)(H,32,33,35)/t19-,20?/m0/s1. The molecule has 2 N–H and O–H groups in total. The van der Waals surface area contributed by atoms with Crippen molar-refractivity contribution in [3.8, 4) is 17.0 Å². The maximum absolute atomic E-state index is 13.4. The quantitative estimate of drug-likeness (QED) is 0.346. The smallest absolute Gasteiger partial charge is 0.318 e. The number of aromatic amines is 1. The number of ether oxygens (including phenoxy) is 1. The van der Waals surface area contributed by atoms with Gasteiger partial charge in [0.15, 0.2) is 0 Å². The van der Waals surface area contributed by atoms with Crippen LogP contribution in [-0.2, 0) is 0 Å². The van der Waals surface area contributed by atoms with Crippen LogP contribution in [0, 0.1) is 6.92 Å². The number of aryl methyl sites for hydroxylation is 1. The highest BCUT2D eigenvalue weighted by atomic mass is 19.1. The Hall–Kier alpha value is -4.21. The lowest BCUT2D eigenvalue weighted by molar-refractivity contribution is 0.0858. The molecule has 2 atom stereocenters. The molecule has 0 radical (unpaired) electrons. The lowest BCUT2D eigenvalue weighted by Gasteiger charge is -2.47. The van der Waals surface area contributed by atoms with Crippen LogP contribution in [0.5, 0.6) is 5.75 Å². The number of anilines is 1. The largest absolute Gasteiger partial charge is 0.461 e. The average Bonchev–Trinajstić information content (AvgIpc) is 3.32. The molecular formula is C29H34FN7O2. The third-order valence-electron chi connectivity index (χ3n) is 7.07. The van der Waals surface area contributed by atoms with Crippen LogP contribution >= 0.6 is 0 Å². The lowest BCUT2D eigenvalue weighted by atomic mass is 9.98. The summed E-state index contributed by atoms with van der Waals surface area (Å²) in [5, 5.41) is 4.02. The molecule has 10 heteroatoms. The number of fused-ring (bicyclic) bond motifs is 1. The van der Waals surface area contributed by atoms with E-state index in [-0.39, 0.29) is 12.1 Å². The van der Waals surface area contributed by atoms with Gasteiger partial charge in [-0.2, -0.15) is 0 Å². The van der Waals surface area contributed by atoms with Crippen molar-refractivity contribution in [2.24, 2.45) is 0 Å². The Kier molecular flexibility index (Phi) is 7.12. The van der Waals surface area contributed by atoms with Gasteiger partial charge in [-0.05, 0) is 63.6 Å². The molecule has 1 saturated heterocycles. The molecule has 39 heavy (non-hydrogen) atoms. The Bertz CT molecular complexity index is 1470. The number of pyridine rings is 1. The van der Waals surface area contributed by atoms with Crippen molar-refractivity contribution in [3.63, 3.8) is 0 Å². The van der Waals surface area contributed by atoms with Crippen molar-refractivity contribution in [2.45, 2.75) is 52.6 Å². The first kappa shape index (κ1) is 26.4. The number of aromatic nitrogens is 4. The van der Waals surface area contributed by atoms with Crippen molar-refractivity contribution in [3.05, 3.63) is 66.2 Å². The number of nitrogens with one attached hydrogen (secondary N) is 2. The second-order valence-corrected chi connectivity index (χ2v) is 10.6. The average molecular weight is 532 g/mol. The van der Waals surface area contributed by atoms with Gasteiger partial charge in [0, 0.05) is 49.7 Å². The van der Waals surface area contributed by atoms with Gasteiger partial charge in [0.05, 0.1) is 17.0 Å². The number of piperazine rings is 1. The molecule has 5 rings (SSSR count). The number of hydrogen-bond donors (Lipinski definition) is 2. The molecule has 0 aliphatic carbocycles. The van der Waals surface area contributed by atoms with Gasteiger partial charge < -0.3 is 24.8 Å². The molecule has 2 amide bonds. The fourth-order valence-electron chi connectivity index (χ4n) is 5.06. The number of hydrogen-bond acceptors (Lipinski definition) is 6. The summed E-state index contributed by atoms with van der Waals surface area (Å²) in [7, 11) is 0. The summed E-state index contributed by atoms with van der Waals surface area (Å²) in [6.45, 7) is 11.1. The van der Waals surface area contributed by atoms with Gasteiger partial charge in [0.1, 0.15) is 23.5 Å². The van der Waals surface area contributed by atoms with Gasteiger partial charge in [0.25, 0.3) is 0 Å². The van der Waals surface area contributed by atoms with E-state index in [9.17, 15) is 9.18 Å². The summed E-state index contributed by atoms with van der Waals surface area (Å²) < 4.78 is 18.4. The van der Waals surface area contributed by atoms with Crippen molar-refractivity contribution in [1.82, 2.24) is 30.2 Å². The van der Waals surface area contributed by atoms with E-state index in [1.54, 1.807) is 24.5 Å². The van der Waals surface area contributed by atoms with Crippen LogP contribution in [0.4, 0.5) is 15.0 Å². The van der Waals surface area contributed by atoms with E-state index in [1.165, 1.54) is 6.92 Å². The molecule has 1 aliphatic rings. The number of nitrogens with zero attached hydrogens (tertiary/aromatic N) is 5. The molecule has 4 aromatic rings. The second kappa shape index (κ2) is 10.5. The number of H-pyrrole nitrogens is 1. The van der Waals surface area contributed by atoms with Gasteiger partial charge in [-0.3, -0.25) is 4.98 Å². The van der Waals surface area contributed by atoms with Crippen LogP contribution in [0.2, 0.25) is 0 Å². The maximum Gasteiger partial charge on any atom is 0.318 e. The third kappa shape index (κ3) is 5.64. The number of amides is 2. The highest BCUT2D eigenvalue weighted by Gasteiger charge is 2.38. The normalized spacial score (nSPS) is 16.7. The zero-order valence-corrected chi connectivity index (χ0v) is 22.9. The summed E-state index contributed by atoms with van der Waals surface area (Å²) >= 11 is 0. The molecule has 1 aromatic carbocycles. The van der Waals surface area contributed by atoms with E-state index in [0.29, 0.717) is 25.4 Å². The predicted octanol–water partition coefficient (Wildman–Crippen LogP) is 5.39. The number of carbonyl (C=O) groups excluding carboxylic acids is 1. The van der Waals surface area contributed by atoms with Crippen molar-refractivity contribution in [2.75, 3.05) is 24.5 Å². The summed E-state index contributed by atoms with van der Waals surface area (Å²) in [4.78, 5) is 34.3. The van der Waals surface area contributed by atoms with Crippen LogP contribution in [0.25, 0.3) is 22.3 Å². The Labute approximate surface area is 227 Å². The molecule has 3 aromatic heterocycles. The van der Waals surface area contributed by atoms with Gasteiger partial charge in [-0.15, -0.1) is 0 Å². The van der Waals surface area contributed by atoms with Gasteiger partial charge in [0.2, 0.25) is 6.36 Å². The summed E-state index contributed by atoms with van der Waals surface area (Å²) in [5.74, 6) is 1.27. The van der Waals surface area contributed by atoms with Crippen LogP contribution < -0.4 is 15.0 Å². The van der Waals surface area contributed by atoms with Gasteiger partial charge in [-0.1, -0.05) is 12.1 Å². The Morgan fingerprint density at radius 3 is 2.67 bits per heavy atom. The number of halogens is 1. The molecule has 1 unspecified atom stereocenters. The highest BCUT2D eigenvalue weighted by molar-refractivity contribution is 5.92. The van der Waals surface area contributed by atoms with E-state index >= 15 is 0 Å². The molecule has 204 valence electrons. The fraction of sp³-hybridized carbons (Fsp3) is 0.379.